The van der Waals surface area contributed by atoms with Gasteiger partial charge < -0.3 is 24.8 Å². The molecule has 1 unspecified atom stereocenters. The number of rotatable bonds is 8. The predicted molar refractivity (Wildman–Crippen MR) is 172 cm³/mol. The molecule has 0 aliphatic carbocycles. The molecule has 2 aliphatic heterocycles. The largest absolute Gasteiger partial charge is 0.471 e. The molecule has 49 heavy (non-hydrogen) atoms. The zero-order valence-electron chi connectivity index (χ0n) is 26.5. The minimum Gasteiger partial charge on any atom is -0.381 e. The van der Waals surface area contributed by atoms with Crippen molar-refractivity contribution in [1.82, 2.24) is 15.1 Å². The molecule has 0 bridgehead atoms. The Hall–Kier alpha value is -4.63. The van der Waals surface area contributed by atoms with Crippen LogP contribution in [0.3, 0.4) is 0 Å². The molecular weight excluding hydrogens is 654 g/mol. The van der Waals surface area contributed by atoms with Crippen molar-refractivity contribution >= 4 is 39.9 Å². The van der Waals surface area contributed by atoms with Gasteiger partial charge in [-0.15, -0.1) is 0 Å². The Kier molecular flexibility index (Phi) is 9.84. The number of piperazine rings is 1. The summed E-state index contributed by atoms with van der Waals surface area (Å²) in [6.07, 6.45) is -4.94. The van der Waals surface area contributed by atoms with Crippen molar-refractivity contribution in [2.24, 2.45) is 0 Å². The van der Waals surface area contributed by atoms with E-state index in [0.29, 0.717) is 59.3 Å². The highest BCUT2D eigenvalue weighted by molar-refractivity contribution is 6.13. The van der Waals surface area contributed by atoms with Crippen molar-refractivity contribution in [1.29, 1.82) is 0 Å². The second-order valence-electron chi connectivity index (χ2n) is 12.2. The van der Waals surface area contributed by atoms with E-state index in [9.17, 15) is 35.9 Å². The number of alkyl halides is 4. The number of nitrogens with zero attached hydrogens (tertiary/aromatic N) is 4. The van der Waals surface area contributed by atoms with Crippen LogP contribution in [0, 0.1) is 11.6 Å². The molecule has 3 heterocycles. The molecular formula is C34H34F6N6O3. The number of halogens is 6. The quantitative estimate of drug-likeness (QED) is 0.220. The van der Waals surface area contributed by atoms with E-state index in [2.05, 4.69) is 20.4 Å². The summed E-state index contributed by atoms with van der Waals surface area (Å²) in [6, 6.07) is 11.0. The van der Waals surface area contributed by atoms with Crippen LogP contribution in [-0.2, 0) is 9.53 Å². The number of anilines is 3. The van der Waals surface area contributed by atoms with Crippen LogP contribution < -0.4 is 15.1 Å². The average Bonchev–Trinajstić information content (AvgIpc) is 3.47. The molecule has 2 saturated heterocycles. The van der Waals surface area contributed by atoms with Gasteiger partial charge in [0.1, 0.15) is 18.3 Å². The van der Waals surface area contributed by atoms with Crippen LogP contribution >= 0.6 is 0 Å². The van der Waals surface area contributed by atoms with Gasteiger partial charge in [-0.05, 0) is 73.5 Å². The summed E-state index contributed by atoms with van der Waals surface area (Å²) < 4.78 is 90.0. The summed E-state index contributed by atoms with van der Waals surface area (Å²) >= 11 is 0. The van der Waals surface area contributed by atoms with Crippen LogP contribution in [0.15, 0.2) is 54.6 Å². The van der Waals surface area contributed by atoms with Crippen molar-refractivity contribution in [2.45, 2.75) is 31.0 Å². The number of carbonyl (C=O) groups is 2. The van der Waals surface area contributed by atoms with Gasteiger partial charge in [0.2, 0.25) is 0 Å². The number of hydrogen-bond donors (Lipinski definition) is 2. The van der Waals surface area contributed by atoms with Crippen LogP contribution in [-0.4, -0.2) is 92.2 Å². The number of benzene rings is 3. The molecule has 4 aromatic rings. The fourth-order valence-electron chi connectivity index (χ4n) is 6.39. The van der Waals surface area contributed by atoms with E-state index in [4.69, 9.17) is 4.74 Å². The third-order valence-corrected chi connectivity index (χ3v) is 9.03. The van der Waals surface area contributed by atoms with Gasteiger partial charge in [-0.2, -0.15) is 18.3 Å². The molecule has 1 aromatic heterocycles. The van der Waals surface area contributed by atoms with Gasteiger partial charge in [0, 0.05) is 68.5 Å². The highest BCUT2D eigenvalue weighted by Crippen LogP contribution is 2.36. The molecule has 2 aliphatic rings. The van der Waals surface area contributed by atoms with Crippen LogP contribution in [0.2, 0.25) is 0 Å². The summed E-state index contributed by atoms with van der Waals surface area (Å²) in [7, 11) is 1.96. The summed E-state index contributed by atoms with van der Waals surface area (Å²) in [6.45, 7) is 1.94. The normalized spacial score (nSPS) is 16.9. The van der Waals surface area contributed by atoms with E-state index in [-0.39, 0.29) is 48.7 Å². The van der Waals surface area contributed by atoms with E-state index in [1.165, 1.54) is 18.2 Å². The molecule has 2 N–H and O–H groups in total. The van der Waals surface area contributed by atoms with Crippen LogP contribution in [0.1, 0.15) is 40.2 Å². The van der Waals surface area contributed by atoms with Gasteiger partial charge in [0.05, 0.1) is 16.8 Å². The number of H-pyrrole nitrogens is 1. The van der Waals surface area contributed by atoms with Gasteiger partial charge in [0.25, 0.3) is 5.91 Å². The first-order valence-corrected chi connectivity index (χ1v) is 15.8. The van der Waals surface area contributed by atoms with E-state index in [0.717, 1.165) is 12.1 Å². The number of amides is 2. The van der Waals surface area contributed by atoms with Gasteiger partial charge in [-0.3, -0.25) is 19.1 Å². The standard InChI is InChI=1S/C34H34F6N6O3/c1-44-8-10-45(11-9-44)25-3-4-26(30(18-25)46(33(48)34(38,39)40)24-6-12-49-13-7-24)32(47)41-31-27-16-20(2-5-29(27)42-43-31)28(19-35)21-14-22(36)17-23(37)15-21/h2-5,14-18,24,28H,6-13,19H2,1H3,(H2,41,42,43,47). The van der Waals surface area contributed by atoms with E-state index in [1.807, 2.05) is 11.9 Å². The lowest BCUT2D eigenvalue weighted by Crippen LogP contribution is -2.50. The SMILES string of the molecule is CN1CCN(c2ccc(C(=O)Nc3n[nH]c4ccc(C(CF)c5cc(F)cc(F)c5)cc34)c(N(C(=O)C(F)(F)F)C3CCOCC3)c2)CC1. The molecule has 2 fully saturated rings. The van der Waals surface area contributed by atoms with Crippen LogP contribution in [0.4, 0.5) is 43.5 Å². The van der Waals surface area contributed by atoms with Gasteiger partial charge >= 0.3 is 12.1 Å². The fourth-order valence-corrected chi connectivity index (χ4v) is 6.39. The number of ether oxygens (including phenoxy) is 1. The summed E-state index contributed by atoms with van der Waals surface area (Å²) in [4.78, 5) is 31.8. The molecule has 9 nitrogen and oxygen atoms in total. The molecule has 0 spiro atoms. The third kappa shape index (κ3) is 7.37. The first kappa shape index (κ1) is 34.2. The highest BCUT2D eigenvalue weighted by Gasteiger charge is 2.46. The molecule has 3 aromatic carbocycles. The Morgan fingerprint density at radius 3 is 2.33 bits per heavy atom. The van der Waals surface area contributed by atoms with Crippen LogP contribution in [0.25, 0.3) is 10.9 Å². The van der Waals surface area contributed by atoms with E-state index in [1.54, 1.807) is 18.2 Å². The van der Waals surface area contributed by atoms with Gasteiger partial charge in [0.15, 0.2) is 5.82 Å². The first-order chi connectivity index (χ1) is 23.4. The average molecular weight is 689 g/mol. The summed E-state index contributed by atoms with van der Waals surface area (Å²) in [5, 5.41) is 9.89. The zero-order chi connectivity index (χ0) is 34.9. The van der Waals surface area contributed by atoms with Gasteiger partial charge in [-0.25, -0.2) is 8.78 Å². The first-order valence-electron chi connectivity index (χ1n) is 15.8. The Labute approximate surface area is 277 Å². The van der Waals surface area contributed by atoms with Crippen molar-refractivity contribution in [2.75, 3.05) is 68.2 Å². The van der Waals surface area contributed by atoms with Crippen molar-refractivity contribution < 1.29 is 40.7 Å². The number of aromatic nitrogens is 2. The van der Waals surface area contributed by atoms with E-state index >= 15 is 0 Å². The van der Waals surface area contributed by atoms with E-state index < -0.39 is 48.3 Å². The lowest BCUT2D eigenvalue weighted by atomic mass is 9.91. The fraction of sp³-hybridized carbons (Fsp3) is 0.382. The summed E-state index contributed by atoms with van der Waals surface area (Å²) in [5.74, 6) is -5.70. The highest BCUT2D eigenvalue weighted by atomic mass is 19.4. The maximum absolute atomic E-state index is 14.3. The molecule has 15 heteroatoms. The minimum absolute atomic E-state index is 0.0151. The molecule has 0 saturated carbocycles. The number of aromatic amines is 1. The molecule has 260 valence electrons. The molecule has 2 amide bonds. The third-order valence-electron chi connectivity index (χ3n) is 9.03. The zero-order valence-corrected chi connectivity index (χ0v) is 26.5. The number of carbonyl (C=O) groups excluding carboxylic acids is 2. The molecule has 1 atom stereocenters. The molecule has 6 rings (SSSR count). The number of fused-ring (bicyclic) bond motifs is 1. The minimum atomic E-state index is -5.22. The number of hydrogen-bond acceptors (Lipinski definition) is 6. The van der Waals surface area contributed by atoms with Crippen LogP contribution in [0.5, 0.6) is 0 Å². The second kappa shape index (κ2) is 14.1. The maximum atomic E-state index is 14.3. The lowest BCUT2D eigenvalue weighted by Gasteiger charge is -2.37. The number of likely N-dealkylation sites (N-methyl/N-ethyl adjacent to an activating group) is 1. The number of nitrogens with one attached hydrogen (secondary N) is 2. The Bertz CT molecular complexity index is 1810. The Morgan fingerprint density at radius 1 is 0.980 bits per heavy atom. The van der Waals surface area contributed by atoms with Crippen molar-refractivity contribution in [3.05, 3.63) is 82.9 Å². The predicted octanol–water partition coefficient (Wildman–Crippen LogP) is 6.02. The summed E-state index contributed by atoms with van der Waals surface area (Å²) in [5.41, 5.74) is 1.02. The lowest BCUT2D eigenvalue weighted by molar-refractivity contribution is -0.171. The topological polar surface area (TPSA) is 93.8 Å². The van der Waals surface area contributed by atoms with Crippen molar-refractivity contribution in [3.8, 4) is 0 Å². The molecule has 0 radical (unpaired) electrons. The van der Waals surface area contributed by atoms with Crippen molar-refractivity contribution in [3.63, 3.8) is 0 Å². The monoisotopic (exact) mass is 688 g/mol. The maximum Gasteiger partial charge on any atom is 0.471 e. The van der Waals surface area contributed by atoms with Gasteiger partial charge in [-0.1, -0.05) is 6.07 Å². The second-order valence-corrected chi connectivity index (χ2v) is 12.2. The smallest absolute Gasteiger partial charge is 0.381 e. The Balaban J connectivity index is 1.39. The Morgan fingerprint density at radius 2 is 1.67 bits per heavy atom.